The fourth-order valence-electron chi connectivity index (χ4n) is 4.15. The molecule has 13 atom stereocenters. The second-order valence-electron chi connectivity index (χ2n) is 8.68. The summed E-state index contributed by atoms with van der Waals surface area (Å²) in [4.78, 5) is 1.21. The minimum absolute atomic E-state index is 0.296. The second-order valence-corrected chi connectivity index (χ2v) is 8.68. The molecule has 0 amide bonds. The second kappa shape index (κ2) is 11.2. The predicted octanol–water partition coefficient (Wildman–Crippen LogP) is -5.67. The van der Waals surface area contributed by atoms with Gasteiger partial charge >= 0.3 is 0 Å². The molecule has 0 aromatic rings. The Balaban J connectivity index is 1.72. The predicted molar refractivity (Wildman–Crippen MR) is 106 cm³/mol. The molecule has 0 bridgehead atoms. The molecule has 9 N–H and O–H groups in total. The molecule has 0 aromatic heterocycles. The fourth-order valence-corrected chi connectivity index (χ4v) is 4.15. The molecule has 4 unspecified atom stereocenters. The zero-order valence-electron chi connectivity index (χ0n) is 18.8. The van der Waals surface area contributed by atoms with E-state index in [9.17, 15) is 46.0 Å². The maximum absolute atomic E-state index is 10.4. The highest BCUT2D eigenvalue weighted by Crippen LogP contribution is 2.36. The van der Waals surface area contributed by atoms with Crippen LogP contribution < -0.4 is 0 Å². The third-order valence-electron chi connectivity index (χ3n) is 6.16. The first-order valence-electron chi connectivity index (χ1n) is 11.0. The van der Waals surface area contributed by atoms with E-state index in [1.807, 2.05) is 0 Å². The number of epoxide rings is 1. The van der Waals surface area contributed by atoms with Crippen LogP contribution in [0.5, 0.6) is 0 Å². The van der Waals surface area contributed by atoms with Crippen molar-refractivity contribution in [3.8, 4) is 0 Å². The van der Waals surface area contributed by atoms with E-state index in [0.29, 0.717) is 6.61 Å². The van der Waals surface area contributed by atoms with E-state index >= 15 is 0 Å². The highest BCUT2D eigenvalue weighted by Gasteiger charge is 2.58. The molecule has 3 saturated heterocycles. The Morgan fingerprint density at radius 2 is 1.56 bits per heavy atom. The van der Waals surface area contributed by atoms with E-state index in [4.69, 9.17) is 23.7 Å². The molecule has 0 aliphatic carbocycles. The minimum Gasteiger partial charge on any atom is -0.394 e. The smallest absolute Gasteiger partial charge is 0.224 e. The Morgan fingerprint density at radius 3 is 2.03 bits per heavy atom. The number of aliphatic hydroxyl groups is 9. The summed E-state index contributed by atoms with van der Waals surface area (Å²) >= 11 is 0. The average molecular weight is 501 g/mol. The Bertz CT molecular complexity index is 644. The molecule has 200 valence electrons. The van der Waals surface area contributed by atoms with Gasteiger partial charge < -0.3 is 69.6 Å². The van der Waals surface area contributed by atoms with Crippen molar-refractivity contribution in [1.29, 1.82) is 0 Å². The van der Waals surface area contributed by atoms with Crippen molar-refractivity contribution in [3.63, 3.8) is 0 Å². The Hall–Kier alpha value is -0.600. The number of ether oxygens (including phenoxy) is 5. The molecular weight excluding hydrogens is 466 g/mol. The van der Waals surface area contributed by atoms with Gasteiger partial charge in [-0.05, 0) is 13.8 Å². The van der Waals surface area contributed by atoms with Gasteiger partial charge in [0.1, 0.15) is 74.1 Å². The minimum atomic E-state index is -2.30. The lowest BCUT2D eigenvalue weighted by molar-refractivity contribution is -0.385. The molecule has 0 radical (unpaired) electrons. The SMILES string of the molecule is CC(O)N(C(C)O)C(OC[C@H]1O[C@H](O[C@]2(CO)O[C@H](CO)[C@@H](O)[C@@H]2O)[C@H](O)[C@@H](O)[C@@H]1O)C1CO1. The fraction of sp³-hybridized carbons (Fsp3) is 1.00. The number of nitrogens with zero attached hydrogens (tertiary/aromatic N) is 1. The van der Waals surface area contributed by atoms with Crippen LogP contribution in [-0.4, -0.2) is 157 Å². The number of hydrogen-bond acceptors (Lipinski definition) is 15. The van der Waals surface area contributed by atoms with Crippen LogP contribution in [0, 0.1) is 0 Å². The molecule has 3 fully saturated rings. The lowest BCUT2D eigenvalue weighted by atomic mass is 9.99. The van der Waals surface area contributed by atoms with Gasteiger partial charge in [-0.2, -0.15) is 0 Å². The Morgan fingerprint density at radius 1 is 0.941 bits per heavy atom. The topological polar surface area (TPSA) is 235 Å². The van der Waals surface area contributed by atoms with E-state index in [1.165, 1.54) is 18.7 Å². The van der Waals surface area contributed by atoms with Crippen molar-refractivity contribution in [2.24, 2.45) is 0 Å². The summed E-state index contributed by atoms with van der Waals surface area (Å²) in [5, 5.41) is 90.5. The van der Waals surface area contributed by atoms with Gasteiger partial charge in [-0.15, -0.1) is 0 Å². The molecule has 15 heteroatoms. The van der Waals surface area contributed by atoms with Crippen molar-refractivity contribution < 1.29 is 69.6 Å². The first-order chi connectivity index (χ1) is 16.0. The van der Waals surface area contributed by atoms with E-state index in [0.717, 1.165) is 0 Å². The van der Waals surface area contributed by atoms with Gasteiger partial charge in [-0.3, -0.25) is 0 Å². The molecule has 3 rings (SSSR count). The summed E-state index contributed by atoms with van der Waals surface area (Å²) in [6, 6.07) is 0. The molecular formula is C19H35NO14. The Kier molecular flexibility index (Phi) is 9.22. The van der Waals surface area contributed by atoms with Crippen molar-refractivity contribution >= 4 is 0 Å². The third-order valence-corrected chi connectivity index (χ3v) is 6.16. The molecule has 3 aliphatic heterocycles. The number of hydrogen-bond donors (Lipinski definition) is 9. The summed E-state index contributed by atoms with van der Waals surface area (Å²) < 4.78 is 27.2. The quantitative estimate of drug-likeness (QED) is 0.0947. The first-order valence-corrected chi connectivity index (χ1v) is 11.0. The average Bonchev–Trinajstić information content (AvgIpc) is 3.60. The summed E-state index contributed by atoms with van der Waals surface area (Å²) in [6.07, 6.45) is -16.8. The van der Waals surface area contributed by atoms with Gasteiger partial charge in [-0.1, -0.05) is 0 Å². The van der Waals surface area contributed by atoms with Gasteiger partial charge in [0.15, 0.2) is 6.29 Å². The molecule has 0 spiro atoms. The highest BCUT2D eigenvalue weighted by atomic mass is 16.8. The van der Waals surface area contributed by atoms with E-state index in [-0.39, 0.29) is 0 Å². The first kappa shape index (κ1) is 28.0. The maximum atomic E-state index is 10.4. The zero-order valence-corrected chi connectivity index (χ0v) is 18.8. The van der Waals surface area contributed by atoms with Crippen molar-refractivity contribution in [3.05, 3.63) is 0 Å². The van der Waals surface area contributed by atoms with Crippen LogP contribution >= 0.6 is 0 Å². The van der Waals surface area contributed by atoms with Crippen molar-refractivity contribution in [2.75, 3.05) is 26.4 Å². The molecule has 34 heavy (non-hydrogen) atoms. The van der Waals surface area contributed by atoms with Crippen LogP contribution in [0.1, 0.15) is 13.8 Å². The van der Waals surface area contributed by atoms with E-state index in [1.54, 1.807) is 0 Å². The zero-order chi connectivity index (χ0) is 25.4. The van der Waals surface area contributed by atoms with Gasteiger partial charge in [-0.25, -0.2) is 4.90 Å². The van der Waals surface area contributed by atoms with Crippen molar-refractivity contribution in [2.45, 2.75) is 93.4 Å². The monoisotopic (exact) mass is 501 g/mol. The number of rotatable bonds is 11. The van der Waals surface area contributed by atoms with Gasteiger partial charge in [0, 0.05) is 0 Å². The Labute approximate surface area is 195 Å². The molecule has 3 aliphatic rings. The van der Waals surface area contributed by atoms with E-state index < -0.39 is 99.4 Å². The van der Waals surface area contributed by atoms with Crippen LogP contribution in [0.25, 0.3) is 0 Å². The van der Waals surface area contributed by atoms with E-state index in [2.05, 4.69) is 0 Å². The van der Waals surface area contributed by atoms with Gasteiger partial charge in [0.05, 0.1) is 19.8 Å². The summed E-state index contributed by atoms with van der Waals surface area (Å²) in [5.74, 6) is -2.30. The lowest BCUT2D eigenvalue weighted by Crippen LogP contribution is -2.63. The standard InChI is InChI=1S/C19H35NO14/c1-7(23)20(8(2)24)17(11-5-30-11)31-4-10-12(25)14(27)15(28)18(32-10)34-19(6-22)16(29)13(26)9(3-21)33-19/h7-18,21-29H,3-6H2,1-2H3/t7?,8?,9-,10-,11?,12-,13-,14+,15-,16+,17?,18-,19+/m1/s1. The van der Waals surface area contributed by atoms with Crippen LogP contribution in [0.15, 0.2) is 0 Å². The third kappa shape index (κ3) is 5.54. The summed E-state index contributed by atoms with van der Waals surface area (Å²) in [5.41, 5.74) is 0. The van der Waals surface area contributed by atoms with Crippen LogP contribution in [0.4, 0.5) is 0 Å². The van der Waals surface area contributed by atoms with Crippen LogP contribution in [-0.2, 0) is 23.7 Å². The molecule has 15 nitrogen and oxygen atoms in total. The summed E-state index contributed by atoms with van der Waals surface area (Å²) in [6.45, 7) is 0.996. The highest BCUT2D eigenvalue weighted by molar-refractivity contribution is 4.98. The lowest BCUT2D eigenvalue weighted by Gasteiger charge is -2.44. The van der Waals surface area contributed by atoms with Crippen molar-refractivity contribution in [1.82, 2.24) is 4.90 Å². The van der Waals surface area contributed by atoms with Gasteiger partial charge in [0.25, 0.3) is 0 Å². The maximum Gasteiger partial charge on any atom is 0.224 e. The van der Waals surface area contributed by atoms with Crippen LogP contribution in [0.3, 0.4) is 0 Å². The normalized spacial score (nSPS) is 45.4. The largest absolute Gasteiger partial charge is 0.394 e. The van der Waals surface area contributed by atoms with Crippen LogP contribution in [0.2, 0.25) is 0 Å². The van der Waals surface area contributed by atoms with Gasteiger partial charge in [0.2, 0.25) is 5.79 Å². The number of aliphatic hydroxyl groups excluding tert-OH is 9. The molecule has 3 heterocycles. The molecule has 0 aromatic carbocycles. The molecule has 0 saturated carbocycles. The summed E-state index contributed by atoms with van der Waals surface area (Å²) in [7, 11) is 0.